The van der Waals surface area contributed by atoms with Crippen LogP contribution in [-0.4, -0.2) is 70.9 Å². The van der Waals surface area contributed by atoms with E-state index < -0.39 is 62.9 Å². The second kappa shape index (κ2) is 15.8. The summed E-state index contributed by atoms with van der Waals surface area (Å²) in [6.45, 7) is 5.19. The number of aliphatic carboxylic acids is 2. The maximum absolute atomic E-state index is 15.6. The number of hydrogen-bond donors (Lipinski definition) is 4. The third kappa shape index (κ3) is 8.53. The van der Waals surface area contributed by atoms with Gasteiger partial charge < -0.3 is 30.9 Å². The fourth-order valence-electron chi connectivity index (χ4n) is 5.82. The average Bonchev–Trinajstić information content (AvgIpc) is 3.53. The molecule has 1 saturated heterocycles. The number of carbonyl (C=O) groups excluding carboxylic acids is 1. The fourth-order valence-corrected chi connectivity index (χ4v) is 7.11. The first-order valence-electron chi connectivity index (χ1n) is 15.9. The van der Waals surface area contributed by atoms with Gasteiger partial charge in [0.1, 0.15) is 23.4 Å². The number of pyridine rings is 1. The van der Waals surface area contributed by atoms with Crippen molar-refractivity contribution >= 4 is 50.0 Å². The van der Waals surface area contributed by atoms with Gasteiger partial charge in [-0.1, -0.05) is 18.2 Å². The number of benzene rings is 3. The van der Waals surface area contributed by atoms with Crippen molar-refractivity contribution in [1.82, 2.24) is 9.88 Å². The number of nitrogens with zero attached hydrogens (tertiary/aromatic N) is 2. The molecule has 5 N–H and O–H groups in total. The maximum atomic E-state index is 15.6. The van der Waals surface area contributed by atoms with Gasteiger partial charge in [0.25, 0.3) is 0 Å². The van der Waals surface area contributed by atoms with Gasteiger partial charge in [0.15, 0.2) is 9.84 Å². The minimum absolute atomic E-state index is 0.0131. The number of halogens is 4. The molecule has 1 amide bonds. The fraction of sp³-hybridized carbons (Fsp3) is 0.314. The molecule has 1 aromatic heterocycles. The molecule has 52 heavy (non-hydrogen) atoms. The Balaban J connectivity index is 0.000000785. The van der Waals surface area contributed by atoms with Gasteiger partial charge in [-0.05, 0) is 86.7 Å². The number of carbonyl (C=O) groups is 3. The van der Waals surface area contributed by atoms with E-state index >= 15 is 4.39 Å². The van der Waals surface area contributed by atoms with E-state index in [-0.39, 0.29) is 29.0 Å². The van der Waals surface area contributed by atoms with Crippen molar-refractivity contribution in [1.29, 1.82) is 0 Å². The Morgan fingerprint density at radius 1 is 1.06 bits per heavy atom. The predicted molar refractivity (Wildman–Crippen MR) is 183 cm³/mol. The highest BCUT2D eigenvalue weighted by Gasteiger charge is 2.46. The van der Waals surface area contributed by atoms with Crippen molar-refractivity contribution in [3.05, 3.63) is 89.9 Å². The molecule has 0 saturated carbocycles. The topological polar surface area (TPSA) is 189 Å². The molecule has 3 aromatic carbocycles. The van der Waals surface area contributed by atoms with Crippen molar-refractivity contribution < 1.29 is 55.3 Å². The highest BCUT2D eigenvalue weighted by molar-refractivity contribution is 7.92. The summed E-state index contributed by atoms with van der Waals surface area (Å²) in [4.78, 5) is 41.4. The molecule has 5 rings (SSSR count). The molecular weight excluding hydrogens is 712 g/mol. The molecule has 0 spiro atoms. The summed E-state index contributed by atoms with van der Waals surface area (Å²) in [6.07, 6.45) is -3.45. The van der Waals surface area contributed by atoms with Crippen molar-refractivity contribution in [2.24, 2.45) is 5.92 Å². The van der Waals surface area contributed by atoms with E-state index in [1.54, 1.807) is 69.4 Å². The van der Waals surface area contributed by atoms with E-state index in [0.29, 0.717) is 29.2 Å². The Morgan fingerprint density at radius 2 is 1.73 bits per heavy atom. The molecule has 1 aliphatic heterocycles. The molecule has 0 bridgehead atoms. The summed E-state index contributed by atoms with van der Waals surface area (Å²) in [7, 11) is -3.85. The van der Waals surface area contributed by atoms with Crippen LogP contribution in [0, 0.1) is 11.7 Å². The number of hydrogen-bond acceptors (Lipinski definition) is 9. The first kappa shape index (κ1) is 39.3. The molecule has 278 valence electrons. The monoisotopic (exact) mass is 748 g/mol. The standard InChI is InChI=1S/C33H35FN4O6S.C2HF3O2/c1-4-44-22-10-12-27(34)26(18-22)29(37-21-9-11-23-20(17-21)13-15-36-31(23)35)32(39)38-16-14-25(33(40)41)30(38)24-7-5-6-8-28(24)45(42,43)19(2)3;3-2(4,5)1(6)7/h5-13,15,17-19,25,29-30,37H,4,14,16H2,1-3H3,(H2,35,36)(H,40,41);(H,6,7)/t25?,29-,30?;/m0./s1. The number of anilines is 2. The SMILES string of the molecule is CCOc1ccc(F)c([C@H](Nc2ccc3c(N)nccc3c2)C(=O)N2CCC(C(=O)O)C2c2ccccc2S(=O)(=O)C(C)C)c1.O=C(O)C(F)(F)F. The first-order valence-corrected chi connectivity index (χ1v) is 17.4. The highest BCUT2D eigenvalue weighted by Crippen LogP contribution is 2.43. The van der Waals surface area contributed by atoms with Crippen LogP contribution in [0.3, 0.4) is 0 Å². The van der Waals surface area contributed by atoms with Crippen LogP contribution in [0.25, 0.3) is 10.8 Å². The number of likely N-dealkylation sites (tertiary alicyclic amines) is 1. The molecular formula is C35H36F4N4O8S. The number of nitrogens with one attached hydrogen (secondary N) is 1. The number of nitrogens with two attached hydrogens (primary N) is 1. The van der Waals surface area contributed by atoms with Gasteiger partial charge in [0.2, 0.25) is 5.91 Å². The molecule has 12 nitrogen and oxygen atoms in total. The largest absolute Gasteiger partial charge is 0.494 e. The molecule has 0 aliphatic carbocycles. The molecule has 0 radical (unpaired) electrons. The summed E-state index contributed by atoms with van der Waals surface area (Å²) < 4.78 is 79.7. The number of carboxylic acid groups (broad SMARTS) is 2. The van der Waals surface area contributed by atoms with Crippen LogP contribution in [0.15, 0.2) is 77.8 Å². The summed E-state index contributed by atoms with van der Waals surface area (Å²) in [5.74, 6) is -5.63. The van der Waals surface area contributed by atoms with E-state index in [4.69, 9.17) is 20.4 Å². The molecule has 1 fully saturated rings. The van der Waals surface area contributed by atoms with Crippen LogP contribution in [-0.2, 0) is 24.2 Å². The van der Waals surface area contributed by atoms with Gasteiger partial charge in [-0.3, -0.25) is 9.59 Å². The molecule has 4 aromatic rings. The molecule has 3 atom stereocenters. The second-order valence-corrected chi connectivity index (χ2v) is 14.4. The number of aromatic nitrogens is 1. The molecule has 1 aliphatic rings. The normalized spacial score (nSPS) is 16.6. The number of alkyl halides is 3. The number of nitrogen functional groups attached to an aromatic ring is 1. The van der Waals surface area contributed by atoms with Crippen molar-refractivity contribution in [3.8, 4) is 5.75 Å². The van der Waals surface area contributed by atoms with Crippen molar-refractivity contribution in [2.75, 3.05) is 24.2 Å². The van der Waals surface area contributed by atoms with Crippen LogP contribution >= 0.6 is 0 Å². The van der Waals surface area contributed by atoms with Crippen molar-refractivity contribution in [2.45, 2.75) is 55.6 Å². The van der Waals surface area contributed by atoms with Crippen molar-refractivity contribution in [3.63, 3.8) is 0 Å². The van der Waals surface area contributed by atoms with E-state index in [0.717, 1.165) is 5.39 Å². The van der Waals surface area contributed by atoms with E-state index in [1.165, 1.54) is 29.2 Å². The third-order valence-corrected chi connectivity index (χ3v) is 10.6. The number of ether oxygens (including phenoxy) is 1. The number of rotatable bonds is 10. The zero-order valence-electron chi connectivity index (χ0n) is 28.1. The van der Waals surface area contributed by atoms with Gasteiger partial charge in [0.05, 0.1) is 28.7 Å². The van der Waals surface area contributed by atoms with Crippen LogP contribution in [0.1, 0.15) is 50.4 Å². The Bertz CT molecular complexity index is 2080. The summed E-state index contributed by atoms with van der Waals surface area (Å²) in [5.41, 5.74) is 6.69. The first-order chi connectivity index (χ1) is 24.4. The van der Waals surface area contributed by atoms with Gasteiger partial charge in [0, 0.05) is 29.4 Å². The molecule has 2 unspecified atom stereocenters. The summed E-state index contributed by atoms with van der Waals surface area (Å²) in [5, 5.41) is 21.1. The quantitative estimate of drug-likeness (QED) is 0.139. The van der Waals surface area contributed by atoms with Gasteiger partial charge in [-0.15, -0.1) is 0 Å². The van der Waals surface area contributed by atoms with E-state index in [1.807, 2.05) is 0 Å². The van der Waals surface area contributed by atoms with Crippen LogP contribution in [0.2, 0.25) is 0 Å². The van der Waals surface area contributed by atoms with E-state index in [9.17, 15) is 36.3 Å². The smallest absolute Gasteiger partial charge is 0.490 e. The number of sulfone groups is 1. The lowest BCUT2D eigenvalue weighted by Gasteiger charge is -2.33. The van der Waals surface area contributed by atoms with Crippen LogP contribution in [0.5, 0.6) is 5.75 Å². The Hall–Kier alpha value is -5.45. The maximum Gasteiger partial charge on any atom is 0.490 e. The van der Waals surface area contributed by atoms with E-state index in [2.05, 4.69) is 10.3 Å². The van der Waals surface area contributed by atoms with Crippen LogP contribution < -0.4 is 15.8 Å². The second-order valence-electron chi connectivity index (χ2n) is 12.0. The molecule has 17 heteroatoms. The summed E-state index contributed by atoms with van der Waals surface area (Å²) in [6, 6.07) is 14.8. The number of amides is 1. The van der Waals surface area contributed by atoms with Gasteiger partial charge in [-0.2, -0.15) is 13.2 Å². The lowest BCUT2D eigenvalue weighted by Crippen LogP contribution is -2.40. The summed E-state index contributed by atoms with van der Waals surface area (Å²) >= 11 is 0. The number of fused-ring (bicyclic) bond motifs is 1. The Labute approximate surface area is 296 Å². The lowest BCUT2D eigenvalue weighted by molar-refractivity contribution is -0.192. The van der Waals surface area contributed by atoms with Gasteiger partial charge >= 0.3 is 18.1 Å². The van der Waals surface area contributed by atoms with Crippen LogP contribution in [0.4, 0.5) is 29.1 Å². The number of carboxylic acids is 2. The zero-order chi connectivity index (χ0) is 38.5. The highest BCUT2D eigenvalue weighted by atomic mass is 32.2. The zero-order valence-corrected chi connectivity index (χ0v) is 28.9. The molecule has 2 heterocycles. The predicted octanol–water partition coefficient (Wildman–Crippen LogP) is 6.00. The lowest BCUT2D eigenvalue weighted by atomic mass is 9.93. The minimum atomic E-state index is -5.08. The van der Waals surface area contributed by atoms with Gasteiger partial charge in [-0.25, -0.2) is 22.6 Å². The third-order valence-electron chi connectivity index (χ3n) is 8.35. The average molecular weight is 749 g/mol. The minimum Gasteiger partial charge on any atom is -0.494 e. The Morgan fingerprint density at radius 3 is 2.35 bits per heavy atom. The Kier molecular flexibility index (Phi) is 12.0.